The first kappa shape index (κ1) is 15.8. The molecule has 1 aromatic heterocycles. The molecule has 1 N–H and O–H groups in total. The zero-order valence-corrected chi connectivity index (χ0v) is 13.5. The minimum Gasteiger partial charge on any atom is -0.345 e. The molecular weight excluding hydrogens is 296 g/mol. The van der Waals surface area contributed by atoms with Crippen molar-refractivity contribution < 1.29 is 4.79 Å². The summed E-state index contributed by atoms with van der Waals surface area (Å²) in [5.41, 5.74) is 3.22. The second kappa shape index (κ2) is 7.43. The Hall–Kier alpha value is -3.12. The molecule has 3 heteroatoms. The fraction of sp³-hybridized carbons (Fsp3) is 0.143. The first-order chi connectivity index (χ1) is 11.7. The smallest absolute Gasteiger partial charge is 0.217 e. The standard InChI is InChI=1S/C21H18N2O/c1-16(24)22-13-4-5-17-8-10-18(11-9-17)15-21-20-7-3-2-6-19(20)12-14-23-21/h2-3,6-12,14H,13,15H2,1H3,(H,22,24). The van der Waals surface area contributed by atoms with Crippen LogP contribution in [0.4, 0.5) is 0 Å². The van der Waals surface area contributed by atoms with E-state index in [1.54, 1.807) is 0 Å². The van der Waals surface area contributed by atoms with Gasteiger partial charge in [0.15, 0.2) is 0 Å². The molecule has 3 nitrogen and oxygen atoms in total. The quantitative estimate of drug-likeness (QED) is 0.754. The number of nitrogens with one attached hydrogen (secondary N) is 1. The average Bonchev–Trinajstić information content (AvgIpc) is 2.60. The summed E-state index contributed by atoms with van der Waals surface area (Å²) in [5, 5.41) is 5.06. The molecule has 0 saturated heterocycles. The molecule has 3 aromatic rings. The number of fused-ring (bicyclic) bond motifs is 1. The number of nitrogens with zero attached hydrogens (tertiary/aromatic N) is 1. The van der Waals surface area contributed by atoms with Crippen molar-refractivity contribution >= 4 is 16.7 Å². The minimum atomic E-state index is -0.0674. The lowest BCUT2D eigenvalue weighted by Crippen LogP contribution is -2.19. The van der Waals surface area contributed by atoms with E-state index < -0.39 is 0 Å². The van der Waals surface area contributed by atoms with E-state index in [4.69, 9.17) is 0 Å². The van der Waals surface area contributed by atoms with E-state index in [0.29, 0.717) is 6.54 Å². The van der Waals surface area contributed by atoms with Gasteiger partial charge in [-0.05, 0) is 29.1 Å². The van der Waals surface area contributed by atoms with Gasteiger partial charge in [0.05, 0.1) is 12.2 Å². The summed E-state index contributed by atoms with van der Waals surface area (Å²) in [6.45, 7) is 1.86. The summed E-state index contributed by atoms with van der Waals surface area (Å²) in [6.07, 6.45) is 2.65. The molecule has 118 valence electrons. The molecule has 0 aliphatic carbocycles. The lowest BCUT2D eigenvalue weighted by atomic mass is 10.0. The lowest BCUT2D eigenvalue weighted by molar-refractivity contribution is -0.118. The van der Waals surface area contributed by atoms with Crippen molar-refractivity contribution in [1.82, 2.24) is 10.3 Å². The zero-order chi connectivity index (χ0) is 16.8. The Bertz CT molecular complexity index is 912. The van der Waals surface area contributed by atoms with Crippen molar-refractivity contribution in [2.24, 2.45) is 0 Å². The molecule has 0 spiro atoms. The van der Waals surface area contributed by atoms with Gasteiger partial charge in [0.25, 0.3) is 0 Å². The maximum absolute atomic E-state index is 10.8. The van der Waals surface area contributed by atoms with Gasteiger partial charge in [-0.3, -0.25) is 9.78 Å². The first-order valence-electron chi connectivity index (χ1n) is 7.87. The molecule has 1 amide bonds. The van der Waals surface area contributed by atoms with Crippen molar-refractivity contribution in [2.75, 3.05) is 6.54 Å². The molecule has 3 rings (SSSR count). The number of hydrogen-bond donors (Lipinski definition) is 1. The monoisotopic (exact) mass is 314 g/mol. The molecule has 2 aromatic carbocycles. The summed E-state index contributed by atoms with van der Waals surface area (Å²) in [4.78, 5) is 15.3. The largest absolute Gasteiger partial charge is 0.345 e. The topological polar surface area (TPSA) is 42.0 Å². The van der Waals surface area contributed by atoms with Crippen molar-refractivity contribution in [2.45, 2.75) is 13.3 Å². The molecule has 0 aliphatic rings. The Labute approximate surface area is 141 Å². The summed E-state index contributed by atoms with van der Waals surface area (Å²) in [5.74, 6) is 5.91. The molecule has 0 fully saturated rings. The van der Waals surface area contributed by atoms with Gasteiger partial charge in [0.2, 0.25) is 5.91 Å². The maximum atomic E-state index is 10.8. The van der Waals surface area contributed by atoms with Crippen LogP contribution in [-0.2, 0) is 11.2 Å². The predicted molar refractivity (Wildman–Crippen MR) is 96.6 cm³/mol. The van der Waals surface area contributed by atoms with Crippen molar-refractivity contribution in [1.29, 1.82) is 0 Å². The molecule has 0 bridgehead atoms. The highest BCUT2D eigenvalue weighted by Crippen LogP contribution is 2.19. The number of hydrogen-bond acceptors (Lipinski definition) is 2. The SMILES string of the molecule is CC(=O)NCC#Cc1ccc(Cc2nccc3ccccc23)cc1. The van der Waals surface area contributed by atoms with Gasteiger partial charge < -0.3 is 5.32 Å². The van der Waals surface area contributed by atoms with Gasteiger partial charge in [-0.25, -0.2) is 0 Å². The number of carbonyl (C=O) groups is 1. The number of benzene rings is 2. The molecule has 0 atom stereocenters. The average molecular weight is 314 g/mol. The molecule has 0 aliphatic heterocycles. The number of amides is 1. The number of aromatic nitrogens is 1. The van der Waals surface area contributed by atoms with Crippen molar-refractivity contribution in [3.05, 3.63) is 77.6 Å². The Morgan fingerprint density at radius 3 is 2.67 bits per heavy atom. The third-order valence-electron chi connectivity index (χ3n) is 3.74. The van der Waals surface area contributed by atoms with Gasteiger partial charge in [-0.2, -0.15) is 0 Å². The van der Waals surface area contributed by atoms with Crippen LogP contribution in [-0.4, -0.2) is 17.4 Å². The lowest BCUT2D eigenvalue weighted by Gasteiger charge is -2.06. The van der Waals surface area contributed by atoms with Crippen LogP contribution in [0.3, 0.4) is 0 Å². The predicted octanol–water partition coefficient (Wildman–Crippen LogP) is 3.31. The van der Waals surface area contributed by atoms with Gasteiger partial charge >= 0.3 is 0 Å². The maximum Gasteiger partial charge on any atom is 0.217 e. The molecule has 24 heavy (non-hydrogen) atoms. The van der Waals surface area contributed by atoms with Gasteiger partial charge in [-0.1, -0.05) is 48.2 Å². The van der Waals surface area contributed by atoms with Crippen LogP contribution in [0.25, 0.3) is 10.8 Å². The number of rotatable bonds is 3. The van der Waals surface area contributed by atoms with Gasteiger partial charge in [0, 0.05) is 30.5 Å². The second-order valence-corrected chi connectivity index (χ2v) is 5.56. The zero-order valence-electron chi connectivity index (χ0n) is 13.5. The molecular formula is C21H18N2O. The first-order valence-corrected chi connectivity index (χ1v) is 7.87. The molecule has 0 radical (unpaired) electrons. The Morgan fingerprint density at radius 1 is 1.08 bits per heavy atom. The van der Waals surface area contributed by atoms with E-state index in [1.807, 2.05) is 36.5 Å². The van der Waals surface area contributed by atoms with Crippen LogP contribution in [0, 0.1) is 11.8 Å². The van der Waals surface area contributed by atoms with Crippen LogP contribution in [0.1, 0.15) is 23.7 Å². The van der Waals surface area contributed by atoms with E-state index >= 15 is 0 Å². The second-order valence-electron chi connectivity index (χ2n) is 5.56. The van der Waals surface area contributed by atoms with E-state index in [0.717, 1.165) is 17.7 Å². The fourth-order valence-electron chi connectivity index (χ4n) is 2.54. The van der Waals surface area contributed by atoms with Crippen molar-refractivity contribution in [3.63, 3.8) is 0 Å². The normalized spacial score (nSPS) is 10.0. The highest BCUT2D eigenvalue weighted by molar-refractivity contribution is 5.84. The summed E-state index contributed by atoms with van der Waals surface area (Å²) in [7, 11) is 0. The summed E-state index contributed by atoms with van der Waals surface area (Å²) in [6, 6.07) is 18.5. The molecule has 1 heterocycles. The Morgan fingerprint density at radius 2 is 1.88 bits per heavy atom. The fourth-order valence-corrected chi connectivity index (χ4v) is 2.54. The third kappa shape index (κ3) is 3.99. The third-order valence-corrected chi connectivity index (χ3v) is 3.74. The van der Waals surface area contributed by atoms with Crippen LogP contribution in [0.15, 0.2) is 60.8 Å². The van der Waals surface area contributed by atoms with Crippen LogP contribution < -0.4 is 5.32 Å². The highest BCUT2D eigenvalue weighted by atomic mass is 16.1. The van der Waals surface area contributed by atoms with E-state index in [1.165, 1.54) is 23.3 Å². The summed E-state index contributed by atoms with van der Waals surface area (Å²) < 4.78 is 0. The Kier molecular flexibility index (Phi) is 4.88. The summed E-state index contributed by atoms with van der Waals surface area (Å²) >= 11 is 0. The molecule has 0 saturated carbocycles. The van der Waals surface area contributed by atoms with Gasteiger partial charge in [-0.15, -0.1) is 0 Å². The number of carbonyl (C=O) groups excluding carboxylic acids is 1. The molecule has 0 unspecified atom stereocenters. The Balaban J connectivity index is 1.73. The number of pyridine rings is 1. The van der Waals surface area contributed by atoms with E-state index in [2.05, 4.69) is 46.4 Å². The minimum absolute atomic E-state index is 0.0674. The van der Waals surface area contributed by atoms with Crippen LogP contribution >= 0.6 is 0 Å². The highest BCUT2D eigenvalue weighted by Gasteiger charge is 2.03. The van der Waals surface area contributed by atoms with E-state index in [9.17, 15) is 4.79 Å². The van der Waals surface area contributed by atoms with Crippen LogP contribution in [0.2, 0.25) is 0 Å². The van der Waals surface area contributed by atoms with E-state index in [-0.39, 0.29) is 5.91 Å². The van der Waals surface area contributed by atoms with Crippen molar-refractivity contribution in [3.8, 4) is 11.8 Å². The van der Waals surface area contributed by atoms with Gasteiger partial charge in [0.1, 0.15) is 0 Å². The van der Waals surface area contributed by atoms with Crippen LogP contribution in [0.5, 0.6) is 0 Å².